The van der Waals surface area contributed by atoms with Gasteiger partial charge < -0.3 is 9.47 Å². The zero-order valence-electron chi connectivity index (χ0n) is 19.5. The highest BCUT2D eigenvalue weighted by Gasteiger charge is 2.37. The van der Waals surface area contributed by atoms with E-state index in [1.54, 1.807) is 36.4 Å². The average Bonchev–Trinajstić information content (AvgIpc) is 3.19. The third kappa shape index (κ3) is 2.92. The number of fused-ring (bicyclic) bond motifs is 9. The van der Waals surface area contributed by atoms with Gasteiger partial charge in [-0.3, -0.25) is 23.7 Å². The van der Waals surface area contributed by atoms with Crippen LogP contribution in [-0.4, -0.2) is 38.8 Å². The molecule has 4 heterocycles. The fourth-order valence-corrected chi connectivity index (χ4v) is 6.42. The molecule has 7 rings (SSSR count). The van der Waals surface area contributed by atoms with Crippen LogP contribution >= 0.6 is 0 Å². The van der Waals surface area contributed by atoms with Crippen LogP contribution in [0, 0.1) is 5.92 Å². The number of piperidine rings is 1. The molecular formula is C29H23N3O4. The van der Waals surface area contributed by atoms with Gasteiger partial charge >= 0.3 is 0 Å². The van der Waals surface area contributed by atoms with Crippen LogP contribution < -0.4 is 11.1 Å². The van der Waals surface area contributed by atoms with Crippen molar-refractivity contribution in [2.24, 2.45) is 5.92 Å². The number of pyridine rings is 2. The fraction of sp³-hybridized carbons (Fsp3) is 0.241. The average molecular weight is 478 g/mol. The quantitative estimate of drug-likeness (QED) is 0.392. The van der Waals surface area contributed by atoms with Crippen LogP contribution in [0.3, 0.4) is 0 Å². The summed E-state index contributed by atoms with van der Waals surface area (Å²) in [5.41, 5.74) is 2.97. The lowest BCUT2D eigenvalue weighted by Gasteiger charge is -2.42. The number of hydrogen-bond acceptors (Lipinski definition) is 4. The Labute approximate surface area is 206 Å². The Kier molecular flexibility index (Phi) is 4.46. The van der Waals surface area contributed by atoms with Gasteiger partial charge in [0.25, 0.3) is 11.1 Å². The van der Waals surface area contributed by atoms with E-state index in [2.05, 4.69) is 0 Å². The van der Waals surface area contributed by atoms with Crippen molar-refractivity contribution in [2.75, 3.05) is 13.1 Å². The molecule has 2 aromatic heterocycles. The van der Waals surface area contributed by atoms with Crippen LogP contribution in [0.5, 0.6) is 0 Å². The van der Waals surface area contributed by atoms with Gasteiger partial charge in [-0.15, -0.1) is 0 Å². The van der Waals surface area contributed by atoms with E-state index in [9.17, 15) is 19.2 Å². The Hall–Kier alpha value is -4.26. The van der Waals surface area contributed by atoms with E-state index >= 15 is 0 Å². The Morgan fingerprint density at radius 2 is 1.56 bits per heavy atom. The number of benzene rings is 2. The minimum absolute atomic E-state index is 0.00332. The summed E-state index contributed by atoms with van der Waals surface area (Å²) in [5, 5.41) is 1.06. The standard InChI is InChI=1S/C29H23N3O4/c33-24-11-5-10-23-18-12-17(14-31(23)24)13-30(15-18)25(34)16-32-27-20-7-2-3-8-21(20)28(35)26(27)19-6-1-4-9-22(19)29(32)36/h1-11,17-18H,12-16H2. The number of aromatic nitrogens is 2. The smallest absolute Gasteiger partial charge is 0.259 e. The summed E-state index contributed by atoms with van der Waals surface area (Å²) in [6.07, 6.45) is 0.945. The molecule has 4 aromatic rings. The SMILES string of the molecule is O=C1c2ccccc2-c2c1c1ccccc1c(=O)n2CC(=O)N1CC2CC(C1)c1cccc(=O)n1C2. The lowest BCUT2D eigenvalue weighted by Crippen LogP contribution is -2.50. The second-order valence-corrected chi connectivity index (χ2v) is 10.0. The molecule has 2 aliphatic heterocycles. The number of likely N-dealkylation sites (tertiary alicyclic amines) is 1. The molecule has 1 amide bonds. The minimum atomic E-state index is -0.267. The van der Waals surface area contributed by atoms with Crippen molar-refractivity contribution >= 4 is 22.5 Å². The highest BCUT2D eigenvalue weighted by molar-refractivity contribution is 6.26. The van der Waals surface area contributed by atoms with E-state index in [1.807, 2.05) is 39.8 Å². The predicted octanol–water partition coefficient (Wildman–Crippen LogP) is 3.02. The molecule has 1 saturated heterocycles. The van der Waals surface area contributed by atoms with Crippen molar-refractivity contribution in [2.45, 2.75) is 25.4 Å². The number of amides is 1. The first-order chi connectivity index (χ1) is 17.5. The molecule has 1 fully saturated rings. The van der Waals surface area contributed by atoms with E-state index in [0.717, 1.165) is 12.1 Å². The highest BCUT2D eigenvalue weighted by Crippen LogP contribution is 2.39. The van der Waals surface area contributed by atoms with E-state index < -0.39 is 0 Å². The number of ketones is 1. The van der Waals surface area contributed by atoms with Gasteiger partial charge in [-0.05, 0) is 24.5 Å². The van der Waals surface area contributed by atoms with Gasteiger partial charge in [0.05, 0.1) is 11.3 Å². The van der Waals surface area contributed by atoms with Crippen LogP contribution in [0.15, 0.2) is 76.3 Å². The summed E-state index contributed by atoms with van der Waals surface area (Å²) >= 11 is 0. The number of rotatable bonds is 2. The van der Waals surface area contributed by atoms with E-state index in [4.69, 9.17) is 0 Å². The van der Waals surface area contributed by atoms with Crippen molar-refractivity contribution in [3.05, 3.63) is 104 Å². The van der Waals surface area contributed by atoms with Gasteiger partial charge in [0.2, 0.25) is 5.91 Å². The van der Waals surface area contributed by atoms with Crippen LogP contribution in [0.1, 0.15) is 34.0 Å². The molecule has 0 radical (unpaired) electrons. The molecule has 1 aliphatic carbocycles. The predicted molar refractivity (Wildman–Crippen MR) is 135 cm³/mol. The van der Waals surface area contributed by atoms with Crippen molar-refractivity contribution < 1.29 is 9.59 Å². The monoisotopic (exact) mass is 477 g/mol. The summed E-state index contributed by atoms with van der Waals surface area (Å²) in [6.45, 7) is 1.53. The topological polar surface area (TPSA) is 81.4 Å². The Morgan fingerprint density at radius 1 is 0.806 bits per heavy atom. The van der Waals surface area contributed by atoms with Crippen LogP contribution in [0.2, 0.25) is 0 Å². The van der Waals surface area contributed by atoms with Gasteiger partial charge in [-0.1, -0.05) is 48.5 Å². The van der Waals surface area contributed by atoms with Crippen LogP contribution in [-0.2, 0) is 17.9 Å². The van der Waals surface area contributed by atoms with Gasteiger partial charge in [-0.2, -0.15) is 0 Å². The fourth-order valence-electron chi connectivity index (χ4n) is 6.42. The lowest BCUT2D eigenvalue weighted by molar-refractivity contribution is -0.134. The molecule has 178 valence electrons. The third-order valence-corrected chi connectivity index (χ3v) is 7.96. The molecular weight excluding hydrogens is 454 g/mol. The van der Waals surface area contributed by atoms with E-state index in [-0.39, 0.29) is 41.2 Å². The third-order valence-electron chi connectivity index (χ3n) is 7.96. The molecule has 36 heavy (non-hydrogen) atoms. The molecule has 7 nitrogen and oxygen atoms in total. The van der Waals surface area contributed by atoms with Crippen molar-refractivity contribution in [1.82, 2.24) is 14.0 Å². The summed E-state index contributed by atoms with van der Waals surface area (Å²) in [5.74, 6) is 0.0266. The first-order valence-electron chi connectivity index (χ1n) is 12.3. The Bertz CT molecular complexity index is 1730. The van der Waals surface area contributed by atoms with Crippen LogP contribution in [0.4, 0.5) is 0 Å². The molecule has 0 saturated carbocycles. The molecule has 2 atom stereocenters. The summed E-state index contributed by atoms with van der Waals surface area (Å²) < 4.78 is 3.33. The second-order valence-electron chi connectivity index (χ2n) is 10.0. The molecule has 2 bridgehead atoms. The zero-order valence-corrected chi connectivity index (χ0v) is 19.5. The van der Waals surface area contributed by atoms with Crippen molar-refractivity contribution in [3.8, 4) is 11.3 Å². The minimum Gasteiger partial charge on any atom is -0.340 e. The maximum Gasteiger partial charge on any atom is 0.259 e. The van der Waals surface area contributed by atoms with Crippen LogP contribution in [0.25, 0.3) is 22.0 Å². The van der Waals surface area contributed by atoms with E-state index in [0.29, 0.717) is 52.8 Å². The maximum atomic E-state index is 13.7. The van der Waals surface area contributed by atoms with Gasteiger partial charge in [0.15, 0.2) is 5.78 Å². The molecule has 0 spiro atoms. The Morgan fingerprint density at radius 3 is 2.39 bits per heavy atom. The molecule has 7 heteroatoms. The van der Waals surface area contributed by atoms with Gasteiger partial charge in [-0.25, -0.2) is 0 Å². The highest BCUT2D eigenvalue weighted by atomic mass is 16.2. The Balaban J connectivity index is 1.31. The molecule has 0 N–H and O–H groups in total. The summed E-state index contributed by atoms with van der Waals surface area (Å²) in [4.78, 5) is 54.9. The number of carbonyl (C=O) groups excluding carboxylic acids is 2. The first-order valence-corrected chi connectivity index (χ1v) is 12.3. The molecule has 3 aliphatic rings. The van der Waals surface area contributed by atoms with Gasteiger partial charge in [0, 0.05) is 59.2 Å². The summed E-state index contributed by atoms with van der Waals surface area (Å²) in [6, 6.07) is 19.7. The number of hydrogen-bond donors (Lipinski definition) is 0. The van der Waals surface area contributed by atoms with E-state index in [1.165, 1.54) is 4.57 Å². The number of carbonyl (C=O) groups is 2. The molecule has 2 aromatic carbocycles. The van der Waals surface area contributed by atoms with Crippen molar-refractivity contribution in [1.29, 1.82) is 0 Å². The van der Waals surface area contributed by atoms with Gasteiger partial charge in [0.1, 0.15) is 6.54 Å². The zero-order chi connectivity index (χ0) is 24.6. The van der Waals surface area contributed by atoms with Crippen molar-refractivity contribution in [3.63, 3.8) is 0 Å². The normalized spacial score (nSPS) is 19.7. The summed E-state index contributed by atoms with van der Waals surface area (Å²) in [7, 11) is 0. The second kappa shape index (κ2) is 7.62. The number of nitrogens with zero attached hydrogens (tertiary/aromatic N) is 3. The largest absolute Gasteiger partial charge is 0.340 e. The molecule has 2 unspecified atom stereocenters. The first kappa shape index (κ1) is 21.1. The lowest BCUT2D eigenvalue weighted by atomic mass is 9.83. The maximum absolute atomic E-state index is 13.7.